The molecule has 0 aliphatic rings. The normalized spacial score (nSPS) is 11.1. The third kappa shape index (κ3) is 2.17. The van der Waals surface area contributed by atoms with Crippen LogP contribution >= 0.6 is 0 Å². The fourth-order valence-corrected chi connectivity index (χ4v) is 1.74. The number of aromatic nitrogens is 2. The molecular formula is C13H16N2O2. The van der Waals surface area contributed by atoms with Gasteiger partial charge in [0.25, 0.3) is 0 Å². The highest BCUT2D eigenvalue weighted by molar-refractivity contribution is 5.34. The molecule has 4 heteroatoms. The van der Waals surface area contributed by atoms with Crippen LogP contribution in [0.15, 0.2) is 41.5 Å². The highest BCUT2D eigenvalue weighted by Gasteiger charge is 2.07. The van der Waals surface area contributed by atoms with E-state index in [4.69, 9.17) is 5.11 Å². The number of aliphatic hydroxyl groups excluding tert-OH is 1. The molecule has 17 heavy (non-hydrogen) atoms. The molecule has 0 aliphatic carbocycles. The summed E-state index contributed by atoms with van der Waals surface area (Å²) in [5.74, 6) is 0. The summed E-state index contributed by atoms with van der Waals surface area (Å²) in [5.41, 5.74) is 1.61. The smallest absolute Gasteiger partial charge is 0.332 e. The van der Waals surface area contributed by atoms with Gasteiger partial charge in [-0.2, -0.15) is 0 Å². The summed E-state index contributed by atoms with van der Waals surface area (Å²) in [6.07, 6.45) is 3.54. The van der Waals surface area contributed by atoms with Crippen molar-refractivity contribution in [3.63, 3.8) is 0 Å². The summed E-state index contributed by atoms with van der Waals surface area (Å²) in [7, 11) is 0. The lowest BCUT2D eigenvalue weighted by Crippen LogP contribution is -2.24. The molecule has 0 bridgehead atoms. The zero-order valence-corrected chi connectivity index (χ0v) is 10.00. The zero-order valence-electron chi connectivity index (χ0n) is 10.00. The van der Waals surface area contributed by atoms with E-state index >= 15 is 0 Å². The van der Waals surface area contributed by atoms with E-state index < -0.39 is 0 Å². The van der Waals surface area contributed by atoms with Crippen molar-refractivity contribution in [2.24, 2.45) is 0 Å². The molecule has 0 aliphatic heterocycles. The average Bonchev–Trinajstić information content (AvgIpc) is 2.71. The molecule has 0 spiro atoms. The van der Waals surface area contributed by atoms with Gasteiger partial charge in [-0.25, -0.2) is 4.79 Å². The van der Waals surface area contributed by atoms with E-state index in [1.54, 1.807) is 21.5 Å². The highest BCUT2D eigenvalue weighted by atomic mass is 16.3. The van der Waals surface area contributed by atoms with Gasteiger partial charge in [-0.05, 0) is 31.5 Å². The van der Waals surface area contributed by atoms with E-state index in [2.05, 4.69) is 0 Å². The molecule has 1 aromatic heterocycles. The molecule has 0 unspecified atom stereocenters. The quantitative estimate of drug-likeness (QED) is 0.875. The van der Waals surface area contributed by atoms with Crippen LogP contribution in [-0.2, 0) is 6.61 Å². The van der Waals surface area contributed by atoms with E-state index in [0.717, 1.165) is 11.3 Å². The van der Waals surface area contributed by atoms with Gasteiger partial charge in [0.1, 0.15) is 0 Å². The summed E-state index contributed by atoms with van der Waals surface area (Å²) >= 11 is 0. The predicted octanol–water partition coefficient (Wildman–Crippen LogP) is 1.71. The largest absolute Gasteiger partial charge is 0.392 e. The Morgan fingerprint density at radius 1 is 1.18 bits per heavy atom. The van der Waals surface area contributed by atoms with Crippen molar-refractivity contribution < 1.29 is 5.11 Å². The summed E-state index contributed by atoms with van der Waals surface area (Å²) in [6, 6.07) is 7.44. The molecule has 0 saturated heterocycles. The second-order valence-electron chi connectivity index (χ2n) is 4.28. The Kier molecular flexibility index (Phi) is 3.15. The van der Waals surface area contributed by atoms with Gasteiger partial charge in [0, 0.05) is 18.4 Å². The van der Waals surface area contributed by atoms with Crippen LogP contribution < -0.4 is 5.69 Å². The SMILES string of the molecule is CC(C)n1ccn(-c2ccc(CO)cc2)c1=O. The Bertz CT molecular complexity index is 550. The van der Waals surface area contributed by atoms with Crippen molar-refractivity contribution in [2.75, 3.05) is 0 Å². The predicted molar refractivity (Wildman–Crippen MR) is 66.3 cm³/mol. The van der Waals surface area contributed by atoms with Gasteiger partial charge < -0.3 is 5.11 Å². The van der Waals surface area contributed by atoms with Crippen LogP contribution in [0.3, 0.4) is 0 Å². The molecule has 2 aromatic rings. The van der Waals surface area contributed by atoms with Crippen molar-refractivity contribution in [3.05, 3.63) is 52.7 Å². The van der Waals surface area contributed by atoms with Crippen LogP contribution in [0.4, 0.5) is 0 Å². The van der Waals surface area contributed by atoms with E-state index in [1.807, 2.05) is 38.1 Å². The first kappa shape index (κ1) is 11.7. The molecule has 0 radical (unpaired) electrons. The van der Waals surface area contributed by atoms with Crippen molar-refractivity contribution in [3.8, 4) is 5.69 Å². The first-order chi connectivity index (χ1) is 8.13. The van der Waals surface area contributed by atoms with Crippen LogP contribution in [0, 0.1) is 0 Å². The molecular weight excluding hydrogens is 216 g/mol. The maximum atomic E-state index is 12.0. The minimum atomic E-state index is -0.0447. The minimum Gasteiger partial charge on any atom is -0.392 e. The van der Waals surface area contributed by atoms with E-state index in [-0.39, 0.29) is 18.3 Å². The van der Waals surface area contributed by atoms with Crippen molar-refractivity contribution >= 4 is 0 Å². The van der Waals surface area contributed by atoms with Gasteiger partial charge in [0.05, 0.1) is 12.3 Å². The number of hydrogen-bond donors (Lipinski definition) is 1. The van der Waals surface area contributed by atoms with Crippen molar-refractivity contribution in [1.82, 2.24) is 9.13 Å². The van der Waals surface area contributed by atoms with Crippen molar-refractivity contribution in [1.29, 1.82) is 0 Å². The Morgan fingerprint density at radius 3 is 2.29 bits per heavy atom. The first-order valence-corrected chi connectivity index (χ1v) is 5.63. The maximum Gasteiger partial charge on any atom is 0.332 e. The van der Waals surface area contributed by atoms with Crippen LogP contribution in [0.1, 0.15) is 25.5 Å². The maximum absolute atomic E-state index is 12.0. The molecule has 1 aromatic carbocycles. The van der Waals surface area contributed by atoms with Gasteiger partial charge in [0.2, 0.25) is 0 Å². The summed E-state index contributed by atoms with van der Waals surface area (Å²) < 4.78 is 3.28. The molecule has 2 rings (SSSR count). The summed E-state index contributed by atoms with van der Waals surface area (Å²) in [5, 5.41) is 8.96. The Labute approximate surface area is 99.8 Å². The zero-order chi connectivity index (χ0) is 12.4. The molecule has 0 atom stereocenters. The molecule has 90 valence electrons. The third-order valence-electron chi connectivity index (χ3n) is 2.76. The van der Waals surface area contributed by atoms with Crippen LogP contribution in [0.5, 0.6) is 0 Å². The molecule has 0 saturated carbocycles. The number of nitrogens with zero attached hydrogens (tertiary/aromatic N) is 2. The summed E-state index contributed by atoms with van der Waals surface area (Å²) in [4.78, 5) is 12.0. The number of aliphatic hydroxyl groups is 1. The summed E-state index contributed by atoms with van der Waals surface area (Å²) in [6.45, 7) is 3.96. The molecule has 1 N–H and O–H groups in total. The van der Waals surface area contributed by atoms with Gasteiger partial charge in [-0.1, -0.05) is 12.1 Å². The Balaban J connectivity index is 2.43. The Hall–Kier alpha value is -1.81. The molecule has 0 amide bonds. The lowest BCUT2D eigenvalue weighted by atomic mass is 10.2. The number of imidazole rings is 1. The van der Waals surface area contributed by atoms with E-state index in [0.29, 0.717) is 0 Å². The van der Waals surface area contributed by atoms with E-state index in [1.165, 1.54) is 0 Å². The lowest BCUT2D eigenvalue weighted by Gasteiger charge is -2.05. The van der Waals surface area contributed by atoms with Gasteiger partial charge >= 0.3 is 5.69 Å². The van der Waals surface area contributed by atoms with E-state index in [9.17, 15) is 4.79 Å². The third-order valence-corrected chi connectivity index (χ3v) is 2.76. The number of rotatable bonds is 3. The first-order valence-electron chi connectivity index (χ1n) is 5.63. The topological polar surface area (TPSA) is 47.2 Å². The monoisotopic (exact) mass is 232 g/mol. The van der Waals surface area contributed by atoms with Crippen LogP contribution in [0.2, 0.25) is 0 Å². The van der Waals surface area contributed by atoms with Crippen LogP contribution in [-0.4, -0.2) is 14.2 Å². The minimum absolute atomic E-state index is 0.0161. The fraction of sp³-hybridized carbons (Fsp3) is 0.308. The molecule has 1 heterocycles. The van der Waals surface area contributed by atoms with Crippen molar-refractivity contribution in [2.45, 2.75) is 26.5 Å². The lowest BCUT2D eigenvalue weighted by molar-refractivity contribution is 0.282. The molecule has 0 fully saturated rings. The van der Waals surface area contributed by atoms with Crippen LogP contribution in [0.25, 0.3) is 5.69 Å². The standard InChI is InChI=1S/C13H16N2O2/c1-10(2)14-7-8-15(13(14)17)12-5-3-11(9-16)4-6-12/h3-8,10,16H,9H2,1-2H3. The molecule has 4 nitrogen and oxygen atoms in total. The van der Waals surface area contributed by atoms with Gasteiger partial charge in [0.15, 0.2) is 0 Å². The second kappa shape index (κ2) is 4.59. The number of benzene rings is 1. The van der Waals surface area contributed by atoms with Gasteiger partial charge in [-0.3, -0.25) is 9.13 Å². The number of hydrogen-bond acceptors (Lipinski definition) is 2. The second-order valence-corrected chi connectivity index (χ2v) is 4.28. The fourth-order valence-electron chi connectivity index (χ4n) is 1.74. The Morgan fingerprint density at radius 2 is 1.82 bits per heavy atom. The average molecular weight is 232 g/mol. The van der Waals surface area contributed by atoms with Gasteiger partial charge in [-0.15, -0.1) is 0 Å². The highest BCUT2D eigenvalue weighted by Crippen LogP contribution is 2.09.